The van der Waals surface area contributed by atoms with E-state index in [1.165, 1.54) is 45.6 Å². The summed E-state index contributed by atoms with van der Waals surface area (Å²) in [6, 6.07) is 0.759. The molecule has 1 atom stereocenters. The van der Waals surface area contributed by atoms with Crippen molar-refractivity contribution in [1.29, 1.82) is 0 Å². The first-order chi connectivity index (χ1) is 8.40. The number of ether oxygens (including phenoxy) is 1. The predicted octanol–water partition coefficient (Wildman–Crippen LogP) is 0.393. The SMILES string of the molecule is CCN(CCN1CCOCC1)[C@@H]1CCCNC1. The van der Waals surface area contributed by atoms with Gasteiger partial charge in [-0.15, -0.1) is 0 Å². The number of morpholine rings is 1. The quantitative estimate of drug-likeness (QED) is 0.754. The van der Waals surface area contributed by atoms with Crippen LogP contribution in [0.3, 0.4) is 0 Å². The van der Waals surface area contributed by atoms with Gasteiger partial charge in [-0.3, -0.25) is 9.80 Å². The standard InChI is InChI=1S/C13H27N3O/c1-2-16(13-4-3-5-14-12-13)7-6-15-8-10-17-11-9-15/h13-14H,2-12H2,1H3/t13-/m1/s1. The molecule has 17 heavy (non-hydrogen) atoms. The van der Waals surface area contributed by atoms with Crippen molar-refractivity contribution in [3.63, 3.8) is 0 Å². The fraction of sp³-hybridized carbons (Fsp3) is 1.00. The zero-order valence-electron chi connectivity index (χ0n) is 11.2. The molecule has 4 nitrogen and oxygen atoms in total. The van der Waals surface area contributed by atoms with Crippen molar-refractivity contribution < 1.29 is 4.74 Å². The zero-order valence-corrected chi connectivity index (χ0v) is 11.2. The first-order valence-electron chi connectivity index (χ1n) is 7.15. The maximum Gasteiger partial charge on any atom is 0.0594 e. The highest BCUT2D eigenvalue weighted by atomic mass is 16.5. The van der Waals surface area contributed by atoms with Crippen LogP contribution < -0.4 is 5.32 Å². The van der Waals surface area contributed by atoms with Crippen LogP contribution in [0.1, 0.15) is 19.8 Å². The highest BCUT2D eigenvalue weighted by molar-refractivity contribution is 4.78. The van der Waals surface area contributed by atoms with Crippen LogP contribution in [0.5, 0.6) is 0 Å². The molecule has 2 rings (SSSR count). The Hall–Kier alpha value is -0.160. The number of nitrogens with one attached hydrogen (secondary N) is 1. The van der Waals surface area contributed by atoms with Gasteiger partial charge in [0, 0.05) is 38.8 Å². The third-order valence-electron chi connectivity index (χ3n) is 4.00. The fourth-order valence-electron chi connectivity index (χ4n) is 2.84. The van der Waals surface area contributed by atoms with E-state index in [2.05, 4.69) is 22.0 Å². The highest BCUT2D eigenvalue weighted by Gasteiger charge is 2.20. The molecule has 2 aliphatic rings. The average molecular weight is 241 g/mol. The predicted molar refractivity (Wildman–Crippen MR) is 70.4 cm³/mol. The van der Waals surface area contributed by atoms with Gasteiger partial charge in [0.2, 0.25) is 0 Å². The van der Waals surface area contributed by atoms with Gasteiger partial charge in [-0.2, -0.15) is 0 Å². The van der Waals surface area contributed by atoms with Crippen molar-refractivity contribution in [3.05, 3.63) is 0 Å². The summed E-state index contributed by atoms with van der Waals surface area (Å²) in [5, 5.41) is 3.51. The van der Waals surface area contributed by atoms with Gasteiger partial charge in [-0.05, 0) is 25.9 Å². The first-order valence-corrected chi connectivity index (χ1v) is 7.15. The van der Waals surface area contributed by atoms with E-state index in [1.807, 2.05) is 0 Å². The van der Waals surface area contributed by atoms with E-state index in [1.54, 1.807) is 0 Å². The fourth-order valence-corrected chi connectivity index (χ4v) is 2.84. The minimum absolute atomic E-state index is 0.759. The molecule has 0 amide bonds. The van der Waals surface area contributed by atoms with Gasteiger partial charge in [-0.1, -0.05) is 6.92 Å². The number of hydrogen-bond acceptors (Lipinski definition) is 4. The van der Waals surface area contributed by atoms with Crippen LogP contribution in [0.4, 0.5) is 0 Å². The second-order valence-corrected chi connectivity index (χ2v) is 5.08. The lowest BCUT2D eigenvalue weighted by atomic mass is 10.1. The summed E-state index contributed by atoms with van der Waals surface area (Å²) in [4.78, 5) is 5.17. The highest BCUT2D eigenvalue weighted by Crippen LogP contribution is 2.10. The van der Waals surface area contributed by atoms with E-state index in [9.17, 15) is 0 Å². The van der Waals surface area contributed by atoms with Gasteiger partial charge >= 0.3 is 0 Å². The summed E-state index contributed by atoms with van der Waals surface area (Å²) in [6.07, 6.45) is 2.70. The first kappa shape index (κ1) is 13.3. The lowest BCUT2D eigenvalue weighted by Gasteiger charge is -2.36. The van der Waals surface area contributed by atoms with Crippen molar-refractivity contribution in [2.45, 2.75) is 25.8 Å². The summed E-state index contributed by atoms with van der Waals surface area (Å²) in [7, 11) is 0. The summed E-state index contributed by atoms with van der Waals surface area (Å²) in [5.41, 5.74) is 0. The third-order valence-corrected chi connectivity index (χ3v) is 4.00. The molecule has 4 heteroatoms. The summed E-state index contributed by atoms with van der Waals surface area (Å²) < 4.78 is 5.38. The Bertz CT molecular complexity index is 201. The molecule has 0 aromatic carbocycles. The molecule has 1 N–H and O–H groups in total. The van der Waals surface area contributed by atoms with Gasteiger partial charge in [0.05, 0.1) is 13.2 Å². The summed E-state index contributed by atoms with van der Waals surface area (Å²) in [6.45, 7) is 12.3. The van der Waals surface area contributed by atoms with Crippen LogP contribution in [-0.4, -0.2) is 74.9 Å². The van der Waals surface area contributed by atoms with Crippen LogP contribution in [0, 0.1) is 0 Å². The van der Waals surface area contributed by atoms with Crippen molar-refractivity contribution in [1.82, 2.24) is 15.1 Å². The lowest BCUT2D eigenvalue weighted by molar-refractivity contribution is 0.0303. The summed E-state index contributed by atoms with van der Waals surface area (Å²) in [5.74, 6) is 0. The molecule has 0 bridgehead atoms. The Morgan fingerprint density at radius 2 is 2.18 bits per heavy atom. The molecule has 0 saturated carbocycles. The molecule has 0 aromatic rings. The van der Waals surface area contributed by atoms with Crippen LogP contribution in [0.2, 0.25) is 0 Å². The monoisotopic (exact) mass is 241 g/mol. The molecule has 0 radical (unpaired) electrons. The van der Waals surface area contributed by atoms with Crippen LogP contribution in [0.15, 0.2) is 0 Å². The Balaban J connectivity index is 1.70. The van der Waals surface area contributed by atoms with Crippen molar-refractivity contribution in [2.75, 3.05) is 59.0 Å². The number of likely N-dealkylation sites (N-methyl/N-ethyl adjacent to an activating group) is 1. The molecule has 2 aliphatic heterocycles. The normalized spacial score (nSPS) is 27.5. The molecule has 100 valence electrons. The van der Waals surface area contributed by atoms with Gasteiger partial charge in [0.15, 0.2) is 0 Å². The Kier molecular flexibility index (Phi) is 5.71. The van der Waals surface area contributed by atoms with Gasteiger partial charge in [0.1, 0.15) is 0 Å². The largest absolute Gasteiger partial charge is 0.379 e. The van der Waals surface area contributed by atoms with Crippen LogP contribution >= 0.6 is 0 Å². The minimum atomic E-state index is 0.759. The molecule has 0 spiro atoms. The topological polar surface area (TPSA) is 27.7 Å². The summed E-state index contributed by atoms with van der Waals surface area (Å²) >= 11 is 0. The third kappa shape index (κ3) is 4.21. The van der Waals surface area contributed by atoms with Gasteiger partial charge in [0.25, 0.3) is 0 Å². The molecule has 2 saturated heterocycles. The molecule has 0 aliphatic carbocycles. The maximum atomic E-state index is 5.38. The number of piperidine rings is 1. The van der Waals surface area contributed by atoms with E-state index in [0.717, 1.165) is 32.3 Å². The van der Waals surface area contributed by atoms with E-state index in [0.29, 0.717) is 0 Å². The minimum Gasteiger partial charge on any atom is -0.379 e. The number of rotatable bonds is 5. The molecule has 2 fully saturated rings. The number of nitrogens with zero attached hydrogens (tertiary/aromatic N) is 2. The van der Waals surface area contributed by atoms with Crippen molar-refractivity contribution >= 4 is 0 Å². The van der Waals surface area contributed by atoms with Crippen molar-refractivity contribution in [2.24, 2.45) is 0 Å². The van der Waals surface area contributed by atoms with E-state index in [4.69, 9.17) is 4.74 Å². The maximum absolute atomic E-state index is 5.38. The van der Waals surface area contributed by atoms with E-state index < -0.39 is 0 Å². The number of hydrogen-bond donors (Lipinski definition) is 1. The zero-order chi connectivity index (χ0) is 11.9. The molecule has 0 unspecified atom stereocenters. The Labute approximate surface area is 105 Å². The average Bonchev–Trinajstić information content (AvgIpc) is 2.42. The van der Waals surface area contributed by atoms with E-state index in [-0.39, 0.29) is 0 Å². The second-order valence-electron chi connectivity index (χ2n) is 5.08. The lowest BCUT2D eigenvalue weighted by Crippen LogP contribution is -2.49. The van der Waals surface area contributed by atoms with Crippen LogP contribution in [-0.2, 0) is 4.74 Å². The van der Waals surface area contributed by atoms with Crippen molar-refractivity contribution in [3.8, 4) is 0 Å². The van der Waals surface area contributed by atoms with Crippen LogP contribution in [0.25, 0.3) is 0 Å². The Morgan fingerprint density at radius 3 is 2.82 bits per heavy atom. The molecule has 0 aromatic heterocycles. The smallest absolute Gasteiger partial charge is 0.0594 e. The molecular weight excluding hydrogens is 214 g/mol. The Morgan fingerprint density at radius 1 is 1.35 bits per heavy atom. The van der Waals surface area contributed by atoms with Gasteiger partial charge < -0.3 is 10.1 Å². The van der Waals surface area contributed by atoms with E-state index >= 15 is 0 Å². The second kappa shape index (κ2) is 7.31. The van der Waals surface area contributed by atoms with Gasteiger partial charge in [-0.25, -0.2) is 0 Å². The molecule has 2 heterocycles. The molecular formula is C13H27N3O.